The molecular formula is C18H23FN4. The predicted molar refractivity (Wildman–Crippen MR) is 90.8 cm³/mol. The first-order chi connectivity index (χ1) is 11.2. The average Bonchev–Trinajstić information content (AvgIpc) is 2.61. The van der Waals surface area contributed by atoms with E-state index >= 15 is 0 Å². The monoisotopic (exact) mass is 314 g/mol. The van der Waals surface area contributed by atoms with Crippen LogP contribution < -0.4 is 10.6 Å². The lowest BCUT2D eigenvalue weighted by molar-refractivity contribution is 0.413. The highest BCUT2D eigenvalue weighted by atomic mass is 19.1. The van der Waals surface area contributed by atoms with Crippen LogP contribution in [-0.4, -0.2) is 29.6 Å². The number of aromatic nitrogens is 2. The minimum Gasteiger partial charge on any atom is -0.356 e. The molecular weight excluding hydrogens is 291 g/mol. The molecule has 1 fully saturated rings. The second-order valence-corrected chi connectivity index (χ2v) is 6.07. The van der Waals surface area contributed by atoms with Crippen LogP contribution in [0.4, 0.5) is 10.2 Å². The van der Waals surface area contributed by atoms with Gasteiger partial charge in [0.2, 0.25) is 0 Å². The van der Waals surface area contributed by atoms with Gasteiger partial charge in [0.05, 0.1) is 0 Å². The molecule has 0 aliphatic carbocycles. The van der Waals surface area contributed by atoms with Crippen molar-refractivity contribution in [1.82, 2.24) is 9.97 Å². The van der Waals surface area contributed by atoms with Crippen molar-refractivity contribution in [3.05, 3.63) is 41.8 Å². The topological polar surface area (TPSA) is 55.0 Å². The molecule has 0 radical (unpaired) electrons. The van der Waals surface area contributed by atoms with Crippen LogP contribution in [-0.2, 0) is 6.42 Å². The summed E-state index contributed by atoms with van der Waals surface area (Å²) >= 11 is 0. The molecule has 0 spiro atoms. The van der Waals surface area contributed by atoms with Crippen LogP contribution in [0.5, 0.6) is 0 Å². The Labute approximate surface area is 136 Å². The second kappa shape index (κ2) is 7.04. The first-order valence-corrected chi connectivity index (χ1v) is 8.28. The molecule has 2 heterocycles. The van der Waals surface area contributed by atoms with Gasteiger partial charge >= 0.3 is 0 Å². The van der Waals surface area contributed by atoms with Crippen molar-refractivity contribution in [1.29, 1.82) is 0 Å². The van der Waals surface area contributed by atoms with E-state index in [4.69, 9.17) is 5.73 Å². The average molecular weight is 314 g/mol. The number of hydrogen-bond acceptors (Lipinski definition) is 4. The fourth-order valence-electron chi connectivity index (χ4n) is 2.98. The Hall–Kier alpha value is -2.01. The van der Waals surface area contributed by atoms with Crippen LogP contribution in [0.2, 0.25) is 0 Å². The van der Waals surface area contributed by atoms with Gasteiger partial charge in [0.25, 0.3) is 0 Å². The van der Waals surface area contributed by atoms with E-state index in [1.807, 2.05) is 12.1 Å². The van der Waals surface area contributed by atoms with Crippen LogP contribution in [0.15, 0.2) is 30.3 Å². The van der Waals surface area contributed by atoms with Gasteiger partial charge in [-0.3, -0.25) is 0 Å². The Morgan fingerprint density at radius 3 is 2.65 bits per heavy atom. The van der Waals surface area contributed by atoms with Gasteiger partial charge in [-0.15, -0.1) is 0 Å². The number of nitrogens with two attached hydrogens (primary N) is 1. The minimum atomic E-state index is -0.265. The van der Waals surface area contributed by atoms with Gasteiger partial charge in [-0.2, -0.15) is 0 Å². The van der Waals surface area contributed by atoms with Crippen LogP contribution in [0.25, 0.3) is 11.4 Å². The fraction of sp³-hybridized carbons (Fsp3) is 0.444. The zero-order chi connectivity index (χ0) is 16.2. The van der Waals surface area contributed by atoms with Crippen LogP contribution in [0, 0.1) is 11.7 Å². The minimum absolute atomic E-state index is 0.265. The number of rotatable bonds is 4. The second-order valence-electron chi connectivity index (χ2n) is 6.07. The Morgan fingerprint density at radius 2 is 2.00 bits per heavy atom. The summed E-state index contributed by atoms with van der Waals surface area (Å²) in [5, 5.41) is 0. The molecule has 0 amide bonds. The van der Waals surface area contributed by atoms with Gasteiger partial charge < -0.3 is 10.6 Å². The van der Waals surface area contributed by atoms with E-state index in [1.54, 1.807) is 6.07 Å². The van der Waals surface area contributed by atoms with E-state index in [9.17, 15) is 4.39 Å². The van der Waals surface area contributed by atoms with E-state index in [0.717, 1.165) is 56.0 Å². The molecule has 122 valence electrons. The molecule has 2 aromatic rings. The van der Waals surface area contributed by atoms with E-state index < -0.39 is 0 Å². The molecule has 1 aromatic carbocycles. The Balaban J connectivity index is 1.91. The van der Waals surface area contributed by atoms with Crippen molar-refractivity contribution < 1.29 is 4.39 Å². The molecule has 2 N–H and O–H groups in total. The molecule has 1 aliphatic rings. The summed E-state index contributed by atoms with van der Waals surface area (Å²) in [6, 6.07) is 8.51. The Kier molecular flexibility index (Phi) is 4.86. The first-order valence-electron chi connectivity index (χ1n) is 8.28. The zero-order valence-corrected chi connectivity index (χ0v) is 13.5. The zero-order valence-electron chi connectivity index (χ0n) is 13.5. The van der Waals surface area contributed by atoms with Crippen molar-refractivity contribution >= 4 is 5.82 Å². The molecule has 1 aromatic heterocycles. The third-order valence-corrected chi connectivity index (χ3v) is 4.48. The van der Waals surface area contributed by atoms with Crippen LogP contribution in [0.3, 0.4) is 0 Å². The van der Waals surface area contributed by atoms with Crippen molar-refractivity contribution in [2.24, 2.45) is 11.7 Å². The normalized spacial score (nSPS) is 15.9. The predicted octanol–water partition coefficient (Wildman–Crippen LogP) is 3.02. The van der Waals surface area contributed by atoms with Gasteiger partial charge in [0.15, 0.2) is 5.82 Å². The highest BCUT2D eigenvalue weighted by molar-refractivity contribution is 5.58. The fourth-order valence-corrected chi connectivity index (χ4v) is 2.98. The molecule has 0 unspecified atom stereocenters. The molecule has 4 nitrogen and oxygen atoms in total. The SMILES string of the molecule is CCc1cc(N2CCC(CN)CC2)nc(-c2cccc(F)c2)n1. The maximum atomic E-state index is 13.5. The van der Waals surface area contributed by atoms with Crippen molar-refractivity contribution in [2.45, 2.75) is 26.2 Å². The van der Waals surface area contributed by atoms with Gasteiger partial charge in [0.1, 0.15) is 11.6 Å². The Bertz CT molecular complexity index is 666. The van der Waals surface area contributed by atoms with Crippen LogP contribution in [0.1, 0.15) is 25.5 Å². The molecule has 1 aliphatic heterocycles. The van der Waals surface area contributed by atoms with Gasteiger partial charge in [-0.25, -0.2) is 14.4 Å². The number of anilines is 1. The molecule has 0 atom stereocenters. The van der Waals surface area contributed by atoms with E-state index in [2.05, 4.69) is 21.8 Å². The number of hydrogen-bond donors (Lipinski definition) is 1. The van der Waals surface area contributed by atoms with Gasteiger partial charge in [-0.1, -0.05) is 19.1 Å². The van der Waals surface area contributed by atoms with Gasteiger partial charge in [0, 0.05) is 30.4 Å². The number of benzene rings is 1. The quantitative estimate of drug-likeness (QED) is 0.942. The lowest BCUT2D eigenvalue weighted by atomic mass is 9.97. The van der Waals surface area contributed by atoms with Crippen molar-refractivity contribution in [3.8, 4) is 11.4 Å². The highest BCUT2D eigenvalue weighted by Crippen LogP contribution is 2.25. The van der Waals surface area contributed by atoms with E-state index in [0.29, 0.717) is 11.7 Å². The maximum Gasteiger partial charge on any atom is 0.161 e. The molecule has 0 bridgehead atoms. The third-order valence-electron chi connectivity index (χ3n) is 4.48. The Morgan fingerprint density at radius 1 is 1.22 bits per heavy atom. The molecule has 5 heteroatoms. The first kappa shape index (κ1) is 15.9. The summed E-state index contributed by atoms with van der Waals surface area (Å²) in [6.07, 6.45) is 3.02. The van der Waals surface area contributed by atoms with Crippen LogP contribution >= 0.6 is 0 Å². The summed E-state index contributed by atoms with van der Waals surface area (Å²) in [5.74, 6) is 1.88. The smallest absolute Gasteiger partial charge is 0.161 e. The molecule has 23 heavy (non-hydrogen) atoms. The number of piperidine rings is 1. The van der Waals surface area contributed by atoms with Crippen molar-refractivity contribution in [2.75, 3.05) is 24.5 Å². The summed E-state index contributed by atoms with van der Waals surface area (Å²) in [6.45, 7) is 4.75. The summed E-state index contributed by atoms with van der Waals surface area (Å²) in [5.41, 5.74) is 7.47. The number of nitrogens with zero attached hydrogens (tertiary/aromatic N) is 3. The summed E-state index contributed by atoms with van der Waals surface area (Å²) < 4.78 is 13.5. The third kappa shape index (κ3) is 3.67. The van der Waals surface area contributed by atoms with Gasteiger partial charge in [-0.05, 0) is 43.9 Å². The molecule has 3 rings (SSSR count). The molecule has 0 saturated carbocycles. The van der Waals surface area contributed by atoms with Crippen molar-refractivity contribution in [3.63, 3.8) is 0 Å². The number of aryl methyl sites for hydroxylation is 1. The largest absolute Gasteiger partial charge is 0.356 e. The summed E-state index contributed by atoms with van der Waals surface area (Å²) in [7, 11) is 0. The standard InChI is InChI=1S/C18H23FN4/c1-2-16-11-17(23-8-6-13(12-20)7-9-23)22-18(21-16)14-4-3-5-15(19)10-14/h3-5,10-11,13H,2,6-9,12,20H2,1H3. The lowest BCUT2D eigenvalue weighted by Gasteiger charge is -2.32. The van der Waals surface area contributed by atoms with E-state index in [1.165, 1.54) is 12.1 Å². The molecule has 1 saturated heterocycles. The maximum absolute atomic E-state index is 13.5. The lowest BCUT2D eigenvalue weighted by Crippen LogP contribution is -2.36. The summed E-state index contributed by atoms with van der Waals surface area (Å²) in [4.78, 5) is 11.5. The number of halogens is 1. The van der Waals surface area contributed by atoms with E-state index in [-0.39, 0.29) is 5.82 Å². The highest BCUT2D eigenvalue weighted by Gasteiger charge is 2.20.